The number of nitrogens with zero attached hydrogens (tertiary/aromatic N) is 4. The highest BCUT2D eigenvalue weighted by Gasteiger charge is 2.17. The van der Waals surface area contributed by atoms with E-state index in [4.69, 9.17) is 9.47 Å². The number of nitrogens with one attached hydrogen (secondary N) is 2. The van der Waals surface area contributed by atoms with E-state index in [9.17, 15) is 8.42 Å². The molecule has 0 bridgehead atoms. The summed E-state index contributed by atoms with van der Waals surface area (Å²) in [5, 5.41) is 14.0. The van der Waals surface area contributed by atoms with Gasteiger partial charge in [-0.1, -0.05) is 54.1 Å². The highest BCUT2D eigenvalue weighted by atomic mass is 32.2. The second-order valence-electron chi connectivity index (χ2n) is 8.35. The number of aromatic nitrogens is 4. The molecule has 0 saturated carbocycles. The van der Waals surface area contributed by atoms with E-state index in [0.717, 1.165) is 22.0 Å². The lowest BCUT2D eigenvalue weighted by Gasteiger charge is -2.12. The molecule has 0 spiro atoms. The predicted molar refractivity (Wildman–Crippen MR) is 145 cm³/mol. The van der Waals surface area contributed by atoms with E-state index in [1.54, 1.807) is 12.1 Å². The molecule has 2 aromatic heterocycles. The fraction of sp³-hybridized carbons (Fsp3) is 0.111. The van der Waals surface area contributed by atoms with Gasteiger partial charge in [0.25, 0.3) is 10.0 Å². The van der Waals surface area contributed by atoms with Gasteiger partial charge in [-0.3, -0.25) is 4.72 Å². The van der Waals surface area contributed by atoms with Crippen LogP contribution in [0.5, 0.6) is 11.9 Å². The molecule has 192 valence electrons. The van der Waals surface area contributed by atoms with E-state index in [1.807, 2.05) is 55.5 Å². The lowest BCUT2D eigenvalue weighted by atomic mass is 10.0. The number of sulfonamides is 1. The molecule has 38 heavy (non-hydrogen) atoms. The van der Waals surface area contributed by atoms with Crippen molar-refractivity contribution in [1.82, 2.24) is 20.2 Å². The van der Waals surface area contributed by atoms with Gasteiger partial charge in [-0.2, -0.15) is 9.97 Å². The molecule has 0 atom stereocenters. The number of fused-ring (bicyclic) bond motifs is 1. The molecule has 10 nitrogen and oxygen atoms in total. The van der Waals surface area contributed by atoms with Crippen LogP contribution in [-0.2, 0) is 10.0 Å². The smallest absolute Gasteiger partial charge is 0.321 e. The second kappa shape index (κ2) is 10.3. The van der Waals surface area contributed by atoms with Crippen LogP contribution in [0.4, 0.5) is 17.3 Å². The van der Waals surface area contributed by atoms with Gasteiger partial charge in [-0.25, -0.2) is 8.42 Å². The minimum absolute atomic E-state index is 0.0197. The van der Waals surface area contributed by atoms with Crippen molar-refractivity contribution in [3.63, 3.8) is 0 Å². The molecular weight excluding hydrogens is 504 g/mol. The van der Waals surface area contributed by atoms with Gasteiger partial charge in [0.15, 0.2) is 11.6 Å². The van der Waals surface area contributed by atoms with Crippen LogP contribution in [0.1, 0.15) is 5.56 Å². The lowest BCUT2D eigenvalue weighted by molar-refractivity contribution is 0.353. The molecule has 0 unspecified atom stereocenters. The molecule has 11 heteroatoms. The zero-order chi connectivity index (χ0) is 26.7. The largest absolute Gasteiger partial charge is 0.481 e. The lowest BCUT2D eigenvalue weighted by Crippen LogP contribution is -2.14. The van der Waals surface area contributed by atoms with Crippen molar-refractivity contribution in [2.24, 2.45) is 0 Å². The maximum absolute atomic E-state index is 12.9. The van der Waals surface area contributed by atoms with Crippen LogP contribution >= 0.6 is 0 Å². The van der Waals surface area contributed by atoms with Gasteiger partial charge in [0, 0.05) is 28.1 Å². The summed E-state index contributed by atoms with van der Waals surface area (Å²) in [5.74, 6) is 0.743. The first-order chi connectivity index (χ1) is 18.4. The molecule has 0 aliphatic heterocycles. The van der Waals surface area contributed by atoms with Crippen LogP contribution in [0.15, 0.2) is 83.8 Å². The van der Waals surface area contributed by atoms with E-state index in [1.165, 1.54) is 38.0 Å². The van der Waals surface area contributed by atoms with Crippen LogP contribution < -0.4 is 19.5 Å². The average Bonchev–Trinajstić information content (AvgIpc) is 2.93. The van der Waals surface area contributed by atoms with E-state index in [0.29, 0.717) is 11.5 Å². The van der Waals surface area contributed by atoms with Gasteiger partial charge >= 0.3 is 6.01 Å². The Balaban J connectivity index is 1.40. The van der Waals surface area contributed by atoms with Crippen LogP contribution in [0.2, 0.25) is 0 Å². The fourth-order valence-corrected chi connectivity index (χ4v) is 4.82. The number of hydrogen-bond donors (Lipinski definition) is 2. The summed E-state index contributed by atoms with van der Waals surface area (Å²) in [6, 6.07) is 23.6. The van der Waals surface area contributed by atoms with Crippen molar-refractivity contribution < 1.29 is 17.9 Å². The molecule has 0 amide bonds. The minimum atomic E-state index is -3.93. The van der Waals surface area contributed by atoms with Crippen LogP contribution in [0, 0.1) is 6.92 Å². The van der Waals surface area contributed by atoms with Crippen LogP contribution in [0.3, 0.4) is 0 Å². The van der Waals surface area contributed by atoms with Crippen molar-refractivity contribution in [2.45, 2.75) is 11.8 Å². The monoisotopic (exact) mass is 528 g/mol. The number of rotatable bonds is 8. The molecule has 0 radical (unpaired) electrons. The van der Waals surface area contributed by atoms with Gasteiger partial charge in [0.05, 0.1) is 19.1 Å². The topological polar surface area (TPSA) is 128 Å². The molecule has 0 saturated heterocycles. The van der Waals surface area contributed by atoms with Crippen molar-refractivity contribution in [3.05, 3.63) is 84.4 Å². The Morgan fingerprint density at radius 1 is 0.789 bits per heavy atom. The summed E-state index contributed by atoms with van der Waals surface area (Å²) in [6.07, 6.45) is 0. The molecule has 0 aliphatic carbocycles. The Morgan fingerprint density at radius 2 is 1.50 bits per heavy atom. The molecule has 3 aromatic carbocycles. The molecule has 5 aromatic rings. The summed E-state index contributed by atoms with van der Waals surface area (Å²) in [6.45, 7) is 2.04. The quantitative estimate of drug-likeness (QED) is 0.287. The van der Waals surface area contributed by atoms with Crippen molar-refractivity contribution in [2.75, 3.05) is 24.3 Å². The number of aryl methyl sites for hydroxylation is 1. The van der Waals surface area contributed by atoms with E-state index in [-0.39, 0.29) is 22.6 Å². The van der Waals surface area contributed by atoms with Gasteiger partial charge in [-0.15, -0.1) is 10.2 Å². The van der Waals surface area contributed by atoms with Crippen LogP contribution in [0.25, 0.3) is 22.0 Å². The Labute approximate surface area is 219 Å². The molecule has 5 rings (SSSR count). The van der Waals surface area contributed by atoms with Gasteiger partial charge in [0.2, 0.25) is 5.88 Å². The zero-order valence-corrected chi connectivity index (χ0v) is 21.7. The third-order valence-corrected chi connectivity index (χ3v) is 7.12. The average molecular weight is 529 g/mol. The van der Waals surface area contributed by atoms with Gasteiger partial charge < -0.3 is 14.8 Å². The Hall–Kier alpha value is -4.77. The van der Waals surface area contributed by atoms with Crippen LogP contribution in [-0.4, -0.2) is 42.8 Å². The van der Waals surface area contributed by atoms with E-state index < -0.39 is 10.0 Å². The molecule has 2 N–H and O–H groups in total. The Bertz CT molecular complexity index is 1690. The van der Waals surface area contributed by atoms with E-state index >= 15 is 0 Å². The first-order valence-corrected chi connectivity index (χ1v) is 13.0. The second-order valence-corrected chi connectivity index (χ2v) is 10.0. The SMILES string of the molecule is COc1cc(NS(=O)(=O)c2ccc(Nc3nnc(-c4ccc(C)cc4)c4ccccc34)cc2)nc(OC)n1. The minimum Gasteiger partial charge on any atom is -0.481 e. The Morgan fingerprint density at radius 3 is 2.18 bits per heavy atom. The zero-order valence-electron chi connectivity index (χ0n) is 20.8. The summed E-state index contributed by atoms with van der Waals surface area (Å²) in [7, 11) is -1.14. The number of ether oxygens (including phenoxy) is 2. The maximum Gasteiger partial charge on any atom is 0.321 e. The first-order valence-electron chi connectivity index (χ1n) is 11.6. The number of benzene rings is 3. The third-order valence-electron chi connectivity index (χ3n) is 5.75. The number of anilines is 3. The predicted octanol–water partition coefficient (Wildman–Crippen LogP) is 4.96. The van der Waals surface area contributed by atoms with Gasteiger partial charge in [0.1, 0.15) is 5.69 Å². The Kier molecular flexibility index (Phi) is 6.75. The van der Waals surface area contributed by atoms with Crippen molar-refractivity contribution >= 4 is 38.1 Å². The summed E-state index contributed by atoms with van der Waals surface area (Å²) >= 11 is 0. The molecule has 0 aliphatic rings. The fourth-order valence-electron chi connectivity index (χ4n) is 3.82. The first kappa shape index (κ1) is 24.9. The van der Waals surface area contributed by atoms with Crippen molar-refractivity contribution in [3.8, 4) is 23.1 Å². The summed E-state index contributed by atoms with van der Waals surface area (Å²) in [4.78, 5) is 8.02. The normalized spacial score (nSPS) is 11.2. The molecule has 0 fully saturated rings. The number of hydrogen-bond acceptors (Lipinski definition) is 9. The van der Waals surface area contributed by atoms with Crippen molar-refractivity contribution in [1.29, 1.82) is 0 Å². The highest BCUT2D eigenvalue weighted by molar-refractivity contribution is 7.92. The molecule has 2 heterocycles. The maximum atomic E-state index is 12.9. The van der Waals surface area contributed by atoms with Gasteiger partial charge in [-0.05, 0) is 31.2 Å². The third kappa shape index (κ3) is 5.18. The summed E-state index contributed by atoms with van der Waals surface area (Å²) < 4.78 is 38.4. The standard InChI is InChI=1S/C27H24N6O4S/c1-17-8-10-18(11-9-17)25-21-6-4-5-7-22(21)26(32-31-25)28-19-12-14-20(15-13-19)38(34,35)33-23-16-24(36-2)30-27(29-23)37-3/h4-16H,1-3H3,(H,28,32)(H,29,30,33). The highest BCUT2D eigenvalue weighted by Crippen LogP contribution is 2.31. The summed E-state index contributed by atoms with van der Waals surface area (Å²) in [5.41, 5.74) is 3.59. The molecular formula is C27H24N6O4S. The number of methoxy groups -OCH3 is 2. The van der Waals surface area contributed by atoms with E-state index in [2.05, 4.69) is 30.2 Å².